The van der Waals surface area contributed by atoms with E-state index in [-0.39, 0.29) is 17.9 Å². The Bertz CT molecular complexity index is 1270. The predicted octanol–water partition coefficient (Wildman–Crippen LogP) is 2.25. The van der Waals surface area contributed by atoms with Gasteiger partial charge in [0.2, 0.25) is 0 Å². The second-order valence-electron chi connectivity index (χ2n) is 7.82. The number of rotatable bonds is 1. The van der Waals surface area contributed by atoms with Crippen LogP contribution in [0.25, 0.3) is 12.2 Å². The van der Waals surface area contributed by atoms with E-state index in [4.69, 9.17) is 4.99 Å². The van der Waals surface area contributed by atoms with Crippen LogP contribution in [0.5, 0.6) is 0 Å². The number of H-pyrrole nitrogens is 3. The minimum atomic E-state index is -0.328. The average Bonchev–Trinajstić information content (AvgIpc) is 3.46. The van der Waals surface area contributed by atoms with Gasteiger partial charge in [0.05, 0.1) is 12.0 Å². The van der Waals surface area contributed by atoms with Crippen LogP contribution in [-0.4, -0.2) is 33.0 Å². The zero-order chi connectivity index (χ0) is 18.7. The highest BCUT2D eigenvalue weighted by atomic mass is 16.1. The fourth-order valence-electron chi connectivity index (χ4n) is 4.71. The number of aromatic nitrogens is 3. The van der Waals surface area contributed by atoms with Crippen molar-refractivity contribution in [1.82, 2.24) is 15.0 Å². The van der Waals surface area contributed by atoms with Gasteiger partial charge in [0, 0.05) is 45.1 Å². The molecule has 0 radical (unpaired) electrons. The molecule has 0 spiro atoms. The summed E-state index contributed by atoms with van der Waals surface area (Å²) in [7, 11) is 0. The number of nitrogens with one attached hydrogen (secondary N) is 3. The third kappa shape index (κ3) is 2.39. The molecule has 1 fully saturated rings. The molecular weight excluding hydrogens is 348 g/mol. The van der Waals surface area contributed by atoms with E-state index < -0.39 is 0 Å². The van der Waals surface area contributed by atoms with Crippen molar-refractivity contribution in [3.05, 3.63) is 81.5 Å². The molecule has 5 nitrogen and oxygen atoms in total. The summed E-state index contributed by atoms with van der Waals surface area (Å²) in [5.41, 5.74) is 6.50. The van der Waals surface area contributed by atoms with E-state index in [0.29, 0.717) is 0 Å². The number of hydrogen-bond donors (Lipinski definition) is 3. The number of aliphatic imine (C=N–C) groups is 1. The summed E-state index contributed by atoms with van der Waals surface area (Å²) in [4.78, 5) is 27.3. The van der Waals surface area contributed by atoms with Crippen LogP contribution in [0.3, 0.4) is 0 Å². The molecule has 3 aromatic rings. The molecule has 0 saturated heterocycles. The molecule has 8 bridgehead atoms. The van der Waals surface area contributed by atoms with Crippen molar-refractivity contribution in [3.8, 4) is 0 Å². The molecule has 28 heavy (non-hydrogen) atoms. The first-order chi connectivity index (χ1) is 13.8. The van der Waals surface area contributed by atoms with Crippen molar-refractivity contribution in [2.24, 2.45) is 4.99 Å². The van der Waals surface area contributed by atoms with Crippen molar-refractivity contribution >= 4 is 24.1 Å². The Hall–Kier alpha value is -3.34. The van der Waals surface area contributed by atoms with Gasteiger partial charge in [-0.1, -0.05) is 6.08 Å². The maximum absolute atomic E-state index is 11.9. The third-order valence-corrected chi connectivity index (χ3v) is 6.06. The number of aldehydes is 1. The molecule has 6 rings (SSSR count). The molecule has 0 amide bonds. The number of aromatic amines is 3. The Kier molecular flexibility index (Phi) is 3.27. The maximum atomic E-state index is 11.9. The average molecular weight is 368 g/mol. The Labute approximate surface area is 161 Å². The molecule has 3 aromatic heterocycles. The maximum Gasteiger partial charge on any atom is 0.134 e. The van der Waals surface area contributed by atoms with Crippen LogP contribution in [0.15, 0.2) is 53.0 Å². The lowest BCUT2D eigenvalue weighted by Crippen LogP contribution is -2.13. The number of nitrogens with zero attached hydrogens (tertiary/aromatic N) is 1. The van der Waals surface area contributed by atoms with Gasteiger partial charge in [0.1, 0.15) is 6.29 Å². The van der Waals surface area contributed by atoms with E-state index in [1.807, 2.05) is 18.2 Å². The van der Waals surface area contributed by atoms with Crippen LogP contribution in [0.1, 0.15) is 47.5 Å². The van der Waals surface area contributed by atoms with E-state index in [1.165, 1.54) is 11.3 Å². The highest BCUT2D eigenvalue weighted by Crippen LogP contribution is 2.39. The topological polar surface area (TPSA) is 76.8 Å². The van der Waals surface area contributed by atoms with E-state index >= 15 is 0 Å². The van der Waals surface area contributed by atoms with Crippen molar-refractivity contribution in [3.63, 3.8) is 0 Å². The van der Waals surface area contributed by atoms with Gasteiger partial charge in [0.15, 0.2) is 0 Å². The van der Waals surface area contributed by atoms with Gasteiger partial charge in [-0.25, -0.2) is 0 Å². The number of carbonyl (C=O) groups excluding carboxylic acids is 1. The normalized spacial score (nSPS) is 24.9. The SMILES string of the molecule is O=CC1c2ccc([nH]2)C=c2ccc([nH]2)=CC2C=C3CCC(C3=N2)c2ccc1[nH]2. The van der Waals surface area contributed by atoms with Crippen LogP contribution in [0.2, 0.25) is 0 Å². The van der Waals surface area contributed by atoms with E-state index in [1.54, 1.807) is 0 Å². The predicted molar refractivity (Wildman–Crippen MR) is 109 cm³/mol. The zero-order valence-electron chi connectivity index (χ0n) is 15.3. The Morgan fingerprint density at radius 2 is 1.71 bits per heavy atom. The standard InChI is InChI=1S/C23H20N4O/c28-12-19-21-6-4-16(25-21)10-14-2-3-15(24-14)11-17-9-13-1-5-18(23(13)26-17)20-7-8-22(19)27-20/h2-4,6-12,17-19,24-25,27H,1,5H2. The molecular formula is C23H20N4O. The molecule has 138 valence electrons. The highest BCUT2D eigenvalue weighted by Gasteiger charge is 2.33. The molecule has 3 N–H and O–H groups in total. The first-order valence-corrected chi connectivity index (χ1v) is 9.77. The second kappa shape index (κ2) is 5.83. The van der Waals surface area contributed by atoms with Gasteiger partial charge in [-0.2, -0.15) is 0 Å². The quantitative estimate of drug-likeness (QED) is 0.566. The van der Waals surface area contributed by atoms with Crippen molar-refractivity contribution in [2.45, 2.75) is 30.7 Å². The monoisotopic (exact) mass is 368 g/mol. The summed E-state index contributed by atoms with van der Waals surface area (Å²) in [6.07, 6.45) is 9.64. The summed E-state index contributed by atoms with van der Waals surface area (Å²) in [5, 5.41) is 2.09. The lowest BCUT2D eigenvalue weighted by atomic mass is 10.0. The Morgan fingerprint density at radius 1 is 0.893 bits per heavy atom. The van der Waals surface area contributed by atoms with Crippen molar-refractivity contribution in [2.75, 3.05) is 0 Å². The summed E-state index contributed by atoms with van der Waals surface area (Å²) in [6, 6.07) is 12.4. The smallest absolute Gasteiger partial charge is 0.134 e. The van der Waals surface area contributed by atoms with E-state index in [0.717, 1.165) is 52.6 Å². The first-order valence-electron chi connectivity index (χ1n) is 9.77. The Morgan fingerprint density at radius 3 is 2.64 bits per heavy atom. The molecule has 2 aliphatic heterocycles. The number of hydrogen-bond acceptors (Lipinski definition) is 2. The van der Waals surface area contributed by atoms with Crippen molar-refractivity contribution < 1.29 is 4.79 Å². The largest absolute Gasteiger partial charge is 0.361 e. The van der Waals surface area contributed by atoms with Crippen LogP contribution in [-0.2, 0) is 4.79 Å². The zero-order valence-corrected chi connectivity index (χ0v) is 15.3. The lowest BCUT2D eigenvalue weighted by molar-refractivity contribution is -0.108. The minimum Gasteiger partial charge on any atom is -0.361 e. The summed E-state index contributed by atoms with van der Waals surface area (Å²) in [5.74, 6) is -0.0450. The van der Waals surface area contributed by atoms with E-state index in [2.05, 4.69) is 51.4 Å². The summed E-state index contributed by atoms with van der Waals surface area (Å²) in [6.45, 7) is 0. The van der Waals surface area contributed by atoms with Crippen LogP contribution in [0, 0.1) is 0 Å². The Balaban J connectivity index is 1.56. The van der Waals surface area contributed by atoms with Gasteiger partial charge in [-0.15, -0.1) is 0 Å². The summed E-state index contributed by atoms with van der Waals surface area (Å²) >= 11 is 0. The van der Waals surface area contributed by atoms with Gasteiger partial charge >= 0.3 is 0 Å². The fourth-order valence-corrected chi connectivity index (χ4v) is 4.71. The van der Waals surface area contributed by atoms with Gasteiger partial charge in [-0.05, 0) is 67.0 Å². The van der Waals surface area contributed by atoms with Crippen LogP contribution >= 0.6 is 0 Å². The van der Waals surface area contributed by atoms with Crippen LogP contribution < -0.4 is 10.7 Å². The second-order valence-corrected chi connectivity index (χ2v) is 7.82. The summed E-state index contributed by atoms with van der Waals surface area (Å²) < 4.78 is 0. The molecule has 3 aliphatic rings. The lowest BCUT2D eigenvalue weighted by Gasteiger charge is -2.10. The van der Waals surface area contributed by atoms with Gasteiger partial charge in [0.25, 0.3) is 0 Å². The third-order valence-electron chi connectivity index (χ3n) is 6.06. The molecule has 0 aromatic carbocycles. The van der Waals surface area contributed by atoms with Crippen LogP contribution in [0.4, 0.5) is 0 Å². The molecule has 1 aliphatic carbocycles. The highest BCUT2D eigenvalue weighted by molar-refractivity contribution is 6.08. The molecule has 5 heterocycles. The fraction of sp³-hybridized carbons (Fsp3) is 0.217. The molecule has 3 unspecified atom stereocenters. The van der Waals surface area contributed by atoms with E-state index in [9.17, 15) is 4.79 Å². The first kappa shape index (κ1) is 15.7. The number of carbonyl (C=O) groups is 1. The molecule has 1 saturated carbocycles. The molecule has 5 heteroatoms. The van der Waals surface area contributed by atoms with Gasteiger partial charge in [-0.3, -0.25) is 4.99 Å². The number of fused-ring (bicyclic) bond motifs is 8. The number of allylic oxidation sites excluding steroid dienone is 1. The van der Waals surface area contributed by atoms with Crippen molar-refractivity contribution in [1.29, 1.82) is 0 Å². The molecule has 3 atom stereocenters. The van der Waals surface area contributed by atoms with Gasteiger partial charge < -0.3 is 19.7 Å². The minimum absolute atomic E-state index is 0.0847.